The number of carbonyl (C=O) groups is 1. The van der Waals surface area contributed by atoms with Crippen LogP contribution in [-0.2, 0) is 0 Å². The van der Waals surface area contributed by atoms with E-state index in [-0.39, 0.29) is 5.91 Å². The van der Waals surface area contributed by atoms with Crippen molar-refractivity contribution in [2.45, 2.75) is 13.8 Å². The predicted octanol–water partition coefficient (Wildman–Crippen LogP) is 0.178. The summed E-state index contributed by atoms with van der Waals surface area (Å²) in [5.41, 5.74) is 3.12. The summed E-state index contributed by atoms with van der Waals surface area (Å²) in [7, 11) is 4.14. The van der Waals surface area contributed by atoms with Gasteiger partial charge in [0, 0.05) is 5.56 Å². The maximum absolute atomic E-state index is 11.8. The smallest absolute Gasteiger partial charge is 0.251 e. The molecule has 16 heavy (non-hydrogen) atoms. The van der Waals surface area contributed by atoms with Gasteiger partial charge < -0.3 is 10.2 Å². The molecule has 0 bridgehead atoms. The number of carbonyl (C=O) groups excluding carboxylic acids is 1. The van der Waals surface area contributed by atoms with Gasteiger partial charge in [-0.2, -0.15) is 0 Å². The molecule has 1 aromatic carbocycles. The van der Waals surface area contributed by atoms with Crippen molar-refractivity contribution in [1.29, 1.82) is 0 Å². The van der Waals surface area contributed by atoms with E-state index >= 15 is 0 Å². The Balaban J connectivity index is 2.56. The van der Waals surface area contributed by atoms with Crippen LogP contribution in [0.1, 0.15) is 21.5 Å². The topological polar surface area (TPSA) is 33.5 Å². The minimum Gasteiger partial charge on any atom is -0.346 e. The molecule has 0 unspecified atom stereocenters. The third kappa shape index (κ3) is 3.66. The van der Waals surface area contributed by atoms with Crippen LogP contribution in [0.5, 0.6) is 0 Å². The number of aryl methyl sites for hydroxylation is 2. The fourth-order valence-electron chi connectivity index (χ4n) is 1.41. The summed E-state index contributed by atoms with van der Waals surface area (Å²) in [6.07, 6.45) is 0. The molecule has 0 aliphatic rings. The van der Waals surface area contributed by atoms with Gasteiger partial charge in [-0.25, -0.2) is 0 Å². The van der Waals surface area contributed by atoms with Gasteiger partial charge in [0.25, 0.3) is 5.91 Å². The molecule has 2 N–H and O–H groups in total. The van der Waals surface area contributed by atoms with Crippen molar-refractivity contribution >= 4 is 5.91 Å². The lowest BCUT2D eigenvalue weighted by Gasteiger charge is -2.09. The number of hydrogen-bond donors (Lipinski definition) is 2. The Kier molecular flexibility index (Phi) is 4.50. The molecule has 0 saturated carbocycles. The molecule has 0 heterocycles. The molecule has 0 fully saturated rings. The maximum atomic E-state index is 11.8. The van der Waals surface area contributed by atoms with E-state index < -0.39 is 0 Å². The van der Waals surface area contributed by atoms with Gasteiger partial charge in [-0.3, -0.25) is 4.79 Å². The second-order valence-corrected chi connectivity index (χ2v) is 4.51. The zero-order chi connectivity index (χ0) is 12.1. The molecule has 0 saturated heterocycles. The van der Waals surface area contributed by atoms with E-state index in [0.29, 0.717) is 6.54 Å². The fraction of sp³-hybridized carbons (Fsp3) is 0.462. The normalized spacial score (nSPS) is 10.6. The Morgan fingerprint density at radius 2 is 1.94 bits per heavy atom. The lowest BCUT2D eigenvalue weighted by molar-refractivity contribution is -0.856. The second kappa shape index (κ2) is 5.66. The SMILES string of the molecule is Cc1ccc(C(=O)NCC[NH+](C)C)cc1C. The predicted molar refractivity (Wildman–Crippen MR) is 65.9 cm³/mol. The van der Waals surface area contributed by atoms with Crippen molar-refractivity contribution in [2.24, 2.45) is 0 Å². The number of benzene rings is 1. The molecule has 1 rings (SSSR count). The summed E-state index contributed by atoms with van der Waals surface area (Å²) < 4.78 is 0. The number of amides is 1. The van der Waals surface area contributed by atoms with E-state index in [0.717, 1.165) is 17.7 Å². The van der Waals surface area contributed by atoms with Crippen molar-refractivity contribution in [3.8, 4) is 0 Å². The summed E-state index contributed by atoms with van der Waals surface area (Å²) in [5.74, 6) is 0.0179. The van der Waals surface area contributed by atoms with Crippen LogP contribution in [0.3, 0.4) is 0 Å². The number of nitrogens with one attached hydrogen (secondary N) is 2. The van der Waals surface area contributed by atoms with Crippen molar-refractivity contribution in [1.82, 2.24) is 5.32 Å². The first-order chi connectivity index (χ1) is 7.50. The maximum Gasteiger partial charge on any atom is 0.251 e. The zero-order valence-electron chi connectivity index (χ0n) is 10.6. The van der Waals surface area contributed by atoms with E-state index in [2.05, 4.69) is 19.4 Å². The van der Waals surface area contributed by atoms with E-state index in [1.807, 2.05) is 32.0 Å². The van der Waals surface area contributed by atoms with Crippen molar-refractivity contribution in [3.63, 3.8) is 0 Å². The molecule has 88 valence electrons. The second-order valence-electron chi connectivity index (χ2n) is 4.51. The monoisotopic (exact) mass is 221 g/mol. The summed E-state index contributed by atoms with van der Waals surface area (Å²) in [6.45, 7) is 5.73. The molecule has 3 heteroatoms. The molecule has 1 amide bonds. The number of quaternary nitrogens is 1. The highest BCUT2D eigenvalue weighted by atomic mass is 16.1. The number of rotatable bonds is 4. The lowest BCUT2D eigenvalue weighted by Crippen LogP contribution is -3.06. The highest BCUT2D eigenvalue weighted by Crippen LogP contribution is 2.09. The van der Waals surface area contributed by atoms with Crippen LogP contribution in [0.25, 0.3) is 0 Å². The largest absolute Gasteiger partial charge is 0.346 e. The van der Waals surface area contributed by atoms with Crippen molar-refractivity contribution < 1.29 is 9.69 Å². The molecular formula is C13H21N2O+. The van der Waals surface area contributed by atoms with Gasteiger partial charge in [-0.05, 0) is 37.1 Å². The van der Waals surface area contributed by atoms with E-state index in [1.54, 1.807) is 0 Å². The zero-order valence-corrected chi connectivity index (χ0v) is 10.6. The van der Waals surface area contributed by atoms with Gasteiger partial charge in [0.15, 0.2) is 0 Å². The molecule has 3 nitrogen and oxygen atoms in total. The molecule has 0 aromatic heterocycles. The Hall–Kier alpha value is -1.35. The van der Waals surface area contributed by atoms with Crippen LogP contribution < -0.4 is 10.2 Å². The average Bonchev–Trinajstić information content (AvgIpc) is 2.21. The van der Waals surface area contributed by atoms with Gasteiger partial charge >= 0.3 is 0 Å². The molecule has 0 aliphatic carbocycles. The number of likely N-dealkylation sites (N-methyl/N-ethyl adjacent to an activating group) is 1. The Morgan fingerprint density at radius 1 is 1.25 bits per heavy atom. The van der Waals surface area contributed by atoms with Crippen LogP contribution >= 0.6 is 0 Å². The third-order valence-electron chi connectivity index (χ3n) is 2.68. The summed E-state index contributed by atoms with van der Waals surface area (Å²) in [6, 6.07) is 5.80. The van der Waals surface area contributed by atoms with Crippen LogP contribution in [0.15, 0.2) is 18.2 Å². The third-order valence-corrected chi connectivity index (χ3v) is 2.68. The van der Waals surface area contributed by atoms with Crippen LogP contribution in [0.2, 0.25) is 0 Å². The fourth-order valence-corrected chi connectivity index (χ4v) is 1.41. The molecule has 0 aliphatic heterocycles. The van der Waals surface area contributed by atoms with Crippen LogP contribution in [0, 0.1) is 13.8 Å². The minimum absolute atomic E-state index is 0.0179. The summed E-state index contributed by atoms with van der Waals surface area (Å²) in [4.78, 5) is 13.1. The Bertz CT molecular complexity index is 372. The molecular weight excluding hydrogens is 200 g/mol. The van der Waals surface area contributed by atoms with E-state index in [4.69, 9.17) is 0 Å². The summed E-state index contributed by atoms with van der Waals surface area (Å²) >= 11 is 0. The van der Waals surface area contributed by atoms with E-state index in [9.17, 15) is 4.79 Å². The standard InChI is InChI=1S/C13H20N2O/c1-10-5-6-12(9-11(10)2)13(16)14-7-8-15(3)4/h5-6,9H,7-8H2,1-4H3,(H,14,16)/p+1. The Labute approximate surface area is 97.5 Å². The molecule has 0 radical (unpaired) electrons. The average molecular weight is 221 g/mol. The first-order valence-electron chi connectivity index (χ1n) is 5.65. The van der Waals surface area contributed by atoms with Gasteiger partial charge in [0.2, 0.25) is 0 Å². The lowest BCUT2D eigenvalue weighted by atomic mass is 10.1. The quantitative estimate of drug-likeness (QED) is 0.747. The van der Waals surface area contributed by atoms with Gasteiger partial charge in [0.05, 0.1) is 27.2 Å². The molecule has 0 spiro atoms. The van der Waals surface area contributed by atoms with Gasteiger partial charge in [-0.1, -0.05) is 6.07 Å². The van der Waals surface area contributed by atoms with Crippen molar-refractivity contribution in [3.05, 3.63) is 34.9 Å². The van der Waals surface area contributed by atoms with Gasteiger partial charge in [0.1, 0.15) is 0 Å². The highest BCUT2D eigenvalue weighted by Gasteiger charge is 2.06. The summed E-state index contributed by atoms with van der Waals surface area (Å²) in [5, 5.41) is 2.92. The van der Waals surface area contributed by atoms with Crippen LogP contribution in [-0.4, -0.2) is 33.1 Å². The van der Waals surface area contributed by atoms with E-state index in [1.165, 1.54) is 10.5 Å². The Morgan fingerprint density at radius 3 is 2.50 bits per heavy atom. The molecule has 0 atom stereocenters. The van der Waals surface area contributed by atoms with Gasteiger partial charge in [-0.15, -0.1) is 0 Å². The first kappa shape index (κ1) is 12.7. The first-order valence-corrected chi connectivity index (χ1v) is 5.65. The van der Waals surface area contributed by atoms with Crippen LogP contribution in [0.4, 0.5) is 0 Å². The minimum atomic E-state index is 0.0179. The van der Waals surface area contributed by atoms with Crippen molar-refractivity contribution in [2.75, 3.05) is 27.2 Å². The number of hydrogen-bond acceptors (Lipinski definition) is 1. The molecule has 1 aromatic rings. The highest BCUT2D eigenvalue weighted by molar-refractivity contribution is 5.94.